The van der Waals surface area contributed by atoms with Gasteiger partial charge in [0.05, 0.1) is 11.5 Å². The van der Waals surface area contributed by atoms with Crippen LogP contribution in [0.4, 0.5) is 13.2 Å². The summed E-state index contributed by atoms with van der Waals surface area (Å²) in [5.74, 6) is -2.96. The summed E-state index contributed by atoms with van der Waals surface area (Å²) in [6.07, 6.45) is -4.31. The highest BCUT2D eigenvalue weighted by molar-refractivity contribution is 5.81. The maximum Gasteiger partial charge on any atom is 0.416 e. The van der Waals surface area contributed by atoms with E-state index < -0.39 is 35.5 Å². The molecule has 0 spiro atoms. The summed E-state index contributed by atoms with van der Waals surface area (Å²) in [6, 6.07) is 13.3. The van der Waals surface area contributed by atoms with E-state index in [-0.39, 0.29) is 13.0 Å². The molecule has 2 atom stereocenters. The Labute approximate surface area is 155 Å². The number of hydrogen-bond acceptors (Lipinski definition) is 2. The molecule has 0 aliphatic rings. The summed E-state index contributed by atoms with van der Waals surface area (Å²) in [4.78, 5) is 23.7. The van der Waals surface area contributed by atoms with Gasteiger partial charge in [0.2, 0.25) is 5.91 Å². The zero-order chi connectivity index (χ0) is 20.0. The molecule has 0 bridgehead atoms. The van der Waals surface area contributed by atoms with E-state index in [1.54, 1.807) is 37.3 Å². The smallest absolute Gasteiger partial charge is 0.416 e. The summed E-state index contributed by atoms with van der Waals surface area (Å²) in [6.45, 7) is 1.50. The second-order valence-electron chi connectivity index (χ2n) is 6.35. The van der Waals surface area contributed by atoms with E-state index in [1.165, 1.54) is 12.1 Å². The first kappa shape index (κ1) is 20.5. The van der Waals surface area contributed by atoms with Gasteiger partial charge in [-0.25, -0.2) is 0 Å². The van der Waals surface area contributed by atoms with E-state index in [2.05, 4.69) is 5.32 Å². The van der Waals surface area contributed by atoms with Gasteiger partial charge in [0, 0.05) is 12.5 Å². The molecule has 4 nitrogen and oxygen atoms in total. The zero-order valence-electron chi connectivity index (χ0n) is 14.7. The van der Waals surface area contributed by atoms with Crippen LogP contribution in [0.5, 0.6) is 0 Å². The van der Waals surface area contributed by atoms with Crippen LogP contribution in [0.1, 0.15) is 29.5 Å². The van der Waals surface area contributed by atoms with Crippen LogP contribution in [0.2, 0.25) is 0 Å². The average Bonchev–Trinajstić information content (AvgIpc) is 2.62. The lowest BCUT2D eigenvalue weighted by atomic mass is 9.97. The van der Waals surface area contributed by atoms with Crippen LogP contribution in [0.15, 0.2) is 54.6 Å². The van der Waals surface area contributed by atoms with Gasteiger partial charge in [0.1, 0.15) is 0 Å². The molecule has 144 valence electrons. The second kappa shape index (κ2) is 8.70. The number of benzene rings is 2. The van der Waals surface area contributed by atoms with E-state index in [4.69, 9.17) is 0 Å². The number of rotatable bonds is 7. The summed E-state index contributed by atoms with van der Waals surface area (Å²) in [5.41, 5.74) is 0.198. The van der Waals surface area contributed by atoms with Crippen molar-refractivity contribution in [2.24, 2.45) is 5.92 Å². The van der Waals surface area contributed by atoms with Crippen LogP contribution in [0.3, 0.4) is 0 Å². The molecule has 0 radical (unpaired) electrons. The third-order valence-electron chi connectivity index (χ3n) is 4.22. The van der Waals surface area contributed by atoms with Crippen molar-refractivity contribution in [1.82, 2.24) is 5.32 Å². The van der Waals surface area contributed by atoms with E-state index >= 15 is 0 Å². The maximum atomic E-state index is 12.8. The molecular weight excluding hydrogens is 359 g/mol. The fraction of sp³-hybridized carbons (Fsp3) is 0.300. The standard InChI is InChI=1S/C20H20F3NO3/c1-13(10-14-6-5-9-16(11-14)20(21,22)23)18(25)24-12-17(19(26)27)15-7-3-2-4-8-15/h2-9,11,13,17H,10,12H2,1H3,(H,24,25)(H,26,27). The number of nitrogens with one attached hydrogen (secondary N) is 1. The van der Waals surface area contributed by atoms with Crippen molar-refractivity contribution >= 4 is 11.9 Å². The lowest BCUT2D eigenvalue weighted by molar-refractivity contribution is -0.139. The first-order valence-electron chi connectivity index (χ1n) is 8.40. The number of carbonyl (C=O) groups excluding carboxylic acids is 1. The minimum absolute atomic E-state index is 0.0922. The number of carboxylic acid groups (broad SMARTS) is 1. The summed E-state index contributed by atoms with van der Waals surface area (Å²) < 4.78 is 38.3. The van der Waals surface area contributed by atoms with Crippen LogP contribution >= 0.6 is 0 Å². The third kappa shape index (κ3) is 5.84. The number of halogens is 3. The normalized spacial score (nSPS) is 13.6. The Morgan fingerprint density at radius 1 is 1.07 bits per heavy atom. The number of aliphatic carboxylic acids is 1. The third-order valence-corrected chi connectivity index (χ3v) is 4.22. The Morgan fingerprint density at radius 3 is 2.33 bits per heavy atom. The second-order valence-corrected chi connectivity index (χ2v) is 6.35. The molecule has 0 aromatic heterocycles. The Morgan fingerprint density at radius 2 is 1.74 bits per heavy atom. The van der Waals surface area contributed by atoms with Gasteiger partial charge in [-0.15, -0.1) is 0 Å². The van der Waals surface area contributed by atoms with Crippen LogP contribution < -0.4 is 5.32 Å². The highest BCUT2D eigenvalue weighted by Gasteiger charge is 2.30. The molecule has 1 amide bonds. The van der Waals surface area contributed by atoms with Gasteiger partial charge in [-0.2, -0.15) is 13.2 Å². The molecule has 2 aromatic carbocycles. The number of carbonyl (C=O) groups is 2. The van der Waals surface area contributed by atoms with Gasteiger partial charge in [-0.1, -0.05) is 55.5 Å². The van der Waals surface area contributed by atoms with E-state index in [0.29, 0.717) is 11.1 Å². The van der Waals surface area contributed by atoms with Gasteiger partial charge in [-0.3, -0.25) is 9.59 Å². The topological polar surface area (TPSA) is 66.4 Å². The Hall–Kier alpha value is -2.83. The van der Waals surface area contributed by atoms with Gasteiger partial charge >= 0.3 is 12.1 Å². The van der Waals surface area contributed by atoms with Crippen molar-refractivity contribution < 1.29 is 27.9 Å². The lowest BCUT2D eigenvalue weighted by Crippen LogP contribution is -2.35. The quantitative estimate of drug-likeness (QED) is 0.768. The Balaban J connectivity index is 1.98. The van der Waals surface area contributed by atoms with Crippen LogP contribution in [-0.4, -0.2) is 23.5 Å². The largest absolute Gasteiger partial charge is 0.481 e. The predicted molar refractivity (Wildman–Crippen MR) is 94.1 cm³/mol. The van der Waals surface area contributed by atoms with Crippen molar-refractivity contribution in [3.05, 3.63) is 71.3 Å². The Kier molecular flexibility index (Phi) is 6.60. The number of hydrogen-bond donors (Lipinski definition) is 2. The summed E-state index contributed by atoms with van der Waals surface area (Å²) >= 11 is 0. The maximum absolute atomic E-state index is 12.8. The molecule has 0 saturated heterocycles. The molecule has 2 aromatic rings. The summed E-state index contributed by atoms with van der Waals surface area (Å²) in [7, 11) is 0. The van der Waals surface area contributed by atoms with Gasteiger partial charge < -0.3 is 10.4 Å². The monoisotopic (exact) mass is 379 g/mol. The molecular formula is C20H20F3NO3. The van der Waals surface area contributed by atoms with Crippen LogP contribution in [0, 0.1) is 5.92 Å². The van der Waals surface area contributed by atoms with Crippen molar-refractivity contribution in [3.8, 4) is 0 Å². The molecule has 0 aliphatic carbocycles. The van der Waals surface area contributed by atoms with Gasteiger partial charge in [0.15, 0.2) is 0 Å². The molecule has 2 unspecified atom stereocenters. The molecule has 27 heavy (non-hydrogen) atoms. The van der Waals surface area contributed by atoms with E-state index in [1.807, 2.05) is 0 Å². The number of carboxylic acids is 1. The van der Waals surface area contributed by atoms with Gasteiger partial charge in [0.25, 0.3) is 0 Å². The van der Waals surface area contributed by atoms with Crippen molar-refractivity contribution in [3.63, 3.8) is 0 Å². The fourth-order valence-corrected chi connectivity index (χ4v) is 2.73. The average molecular weight is 379 g/mol. The van der Waals surface area contributed by atoms with Gasteiger partial charge in [-0.05, 0) is 23.6 Å². The molecule has 0 fully saturated rings. The molecule has 2 N–H and O–H groups in total. The molecule has 7 heteroatoms. The number of alkyl halides is 3. The van der Waals surface area contributed by atoms with Crippen LogP contribution in [0.25, 0.3) is 0 Å². The molecule has 2 rings (SSSR count). The van der Waals surface area contributed by atoms with Crippen LogP contribution in [-0.2, 0) is 22.2 Å². The number of amides is 1. The molecule has 0 saturated carbocycles. The zero-order valence-corrected chi connectivity index (χ0v) is 14.7. The van der Waals surface area contributed by atoms with Crippen molar-refractivity contribution in [2.45, 2.75) is 25.4 Å². The highest BCUT2D eigenvalue weighted by atomic mass is 19.4. The first-order valence-corrected chi connectivity index (χ1v) is 8.40. The molecule has 0 aliphatic heterocycles. The predicted octanol–water partition coefficient (Wildman–Crippen LogP) is 3.87. The highest BCUT2D eigenvalue weighted by Crippen LogP contribution is 2.30. The Bertz CT molecular complexity index is 791. The SMILES string of the molecule is CC(Cc1cccc(C(F)(F)F)c1)C(=O)NCC(C(=O)O)c1ccccc1. The van der Waals surface area contributed by atoms with Crippen molar-refractivity contribution in [1.29, 1.82) is 0 Å². The minimum Gasteiger partial charge on any atom is -0.481 e. The van der Waals surface area contributed by atoms with Crippen molar-refractivity contribution in [2.75, 3.05) is 6.54 Å². The lowest BCUT2D eigenvalue weighted by Gasteiger charge is -2.17. The fourth-order valence-electron chi connectivity index (χ4n) is 2.73. The summed E-state index contributed by atoms with van der Waals surface area (Å²) in [5, 5.41) is 11.9. The minimum atomic E-state index is -4.44. The molecule has 0 heterocycles. The van der Waals surface area contributed by atoms with E-state index in [0.717, 1.165) is 12.1 Å². The van der Waals surface area contributed by atoms with E-state index in [9.17, 15) is 27.9 Å². The first-order chi connectivity index (χ1) is 12.7.